The topological polar surface area (TPSA) is 52.3 Å². The number of nitrogens with two attached hydrogens (primary N) is 1. The van der Waals surface area contributed by atoms with Gasteiger partial charge in [0, 0.05) is 10.6 Å². The molecule has 1 atom stereocenters. The molecule has 0 aliphatic carbocycles. The van der Waals surface area contributed by atoms with Crippen molar-refractivity contribution in [1.29, 1.82) is 0 Å². The van der Waals surface area contributed by atoms with E-state index in [1.165, 1.54) is 10.5 Å². The Bertz CT molecular complexity index is 461. The van der Waals surface area contributed by atoms with Gasteiger partial charge in [-0.15, -0.1) is 11.8 Å². The van der Waals surface area contributed by atoms with Gasteiger partial charge in [0.15, 0.2) is 0 Å². The molecule has 0 saturated heterocycles. The predicted molar refractivity (Wildman–Crippen MR) is 89.7 cm³/mol. The number of carbonyl (C=O) groups excluding carboxylic acids is 1. The van der Waals surface area contributed by atoms with Gasteiger partial charge in [0.2, 0.25) is 0 Å². The van der Waals surface area contributed by atoms with Gasteiger partial charge >= 0.3 is 5.97 Å². The molecule has 0 aromatic heterocycles. The highest BCUT2D eigenvalue weighted by molar-refractivity contribution is 7.99. The number of rotatable bonds is 6. The molecular formula is C17H27NO2S. The molecule has 1 aromatic rings. The lowest BCUT2D eigenvalue weighted by Gasteiger charge is -2.22. The van der Waals surface area contributed by atoms with Crippen molar-refractivity contribution < 1.29 is 9.53 Å². The minimum Gasteiger partial charge on any atom is -0.465 e. The van der Waals surface area contributed by atoms with E-state index in [0.29, 0.717) is 13.0 Å². The van der Waals surface area contributed by atoms with E-state index in [0.717, 1.165) is 5.75 Å². The maximum absolute atomic E-state index is 11.7. The number of hydrogen-bond donors (Lipinski definition) is 1. The van der Waals surface area contributed by atoms with Crippen LogP contribution < -0.4 is 5.73 Å². The molecular weight excluding hydrogens is 282 g/mol. The van der Waals surface area contributed by atoms with Gasteiger partial charge in [-0.3, -0.25) is 4.79 Å². The number of hydrogen-bond acceptors (Lipinski definition) is 4. The standard InChI is InChI=1S/C17H27NO2S/c1-6-20-15(19)17(5,18)11-12-21-14-9-7-13(8-10-14)16(2,3)4/h7-10H,6,11-12,18H2,1-5H3. The molecule has 1 rings (SSSR count). The first-order valence-corrected chi connectivity index (χ1v) is 8.35. The van der Waals surface area contributed by atoms with Crippen LogP contribution in [0.15, 0.2) is 29.2 Å². The van der Waals surface area contributed by atoms with Crippen LogP contribution in [0, 0.1) is 0 Å². The zero-order valence-electron chi connectivity index (χ0n) is 13.7. The number of carbonyl (C=O) groups is 1. The number of thioether (sulfide) groups is 1. The molecule has 0 fully saturated rings. The fraction of sp³-hybridized carbons (Fsp3) is 0.588. The molecule has 21 heavy (non-hydrogen) atoms. The second-order valence-corrected chi connectivity index (χ2v) is 7.68. The molecule has 0 amide bonds. The molecule has 3 nitrogen and oxygen atoms in total. The van der Waals surface area contributed by atoms with Crippen LogP contribution in [0.25, 0.3) is 0 Å². The van der Waals surface area contributed by atoms with Gasteiger partial charge < -0.3 is 10.5 Å². The van der Waals surface area contributed by atoms with Crippen molar-refractivity contribution in [2.75, 3.05) is 12.4 Å². The summed E-state index contributed by atoms with van der Waals surface area (Å²) in [5.41, 5.74) is 6.59. The van der Waals surface area contributed by atoms with Gasteiger partial charge in [-0.05, 0) is 43.4 Å². The molecule has 1 unspecified atom stereocenters. The van der Waals surface area contributed by atoms with Crippen molar-refractivity contribution in [3.63, 3.8) is 0 Å². The molecule has 0 heterocycles. The largest absolute Gasteiger partial charge is 0.465 e. The van der Waals surface area contributed by atoms with E-state index < -0.39 is 5.54 Å². The Morgan fingerprint density at radius 2 is 1.76 bits per heavy atom. The first kappa shape index (κ1) is 18.1. The van der Waals surface area contributed by atoms with Crippen molar-refractivity contribution >= 4 is 17.7 Å². The zero-order valence-corrected chi connectivity index (χ0v) is 14.5. The quantitative estimate of drug-likeness (QED) is 0.642. The molecule has 0 aliphatic heterocycles. The fourth-order valence-electron chi connectivity index (χ4n) is 1.83. The Balaban J connectivity index is 2.51. The Hall–Kier alpha value is -1.00. The Morgan fingerprint density at radius 3 is 2.24 bits per heavy atom. The van der Waals surface area contributed by atoms with E-state index in [9.17, 15) is 4.79 Å². The summed E-state index contributed by atoms with van der Waals surface area (Å²) in [5.74, 6) is 0.467. The first-order chi connectivity index (χ1) is 9.66. The molecule has 2 N–H and O–H groups in total. The van der Waals surface area contributed by atoms with E-state index in [-0.39, 0.29) is 11.4 Å². The lowest BCUT2D eigenvalue weighted by molar-refractivity contribution is -0.149. The summed E-state index contributed by atoms with van der Waals surface area (Å²) >= 11 is 1.71. The van der Waals surface area contributed by atoms with E-state index in [2.05, 4.69) is 45.0 Å². The minimum absolute atomic E-state index is 0.170. The first-order valence-electron chi connectivity index (χ1n) is 7.36. The number of benzene rings is 1. The normalized spacial score (nSPS) is 14.6. The Labute approximate surface area is 132 Å². The molecule has 0 saturated carbocycles. The highest BCUT2D eigenvalue weighted by atomic mass is 32.2. The van der Waals surface area contributed by atoms with Crippen molar-refractivity contribution in [2.45, 2.75) is 56.9 Å². The van der Waals surface area contributed by atoms with Crippen LogP contribution in [0.1, 0.15) is 46.6 Å². The second kappa shape index (κ2) is 7.32. The van der Waals surface area contributed by atoms with E-state index >= 15 is 0 Å². The van der Waals surface area contributed by atoms with Crippen LogP contribution in [-0.2, 0) is 14.9 Å². The van der Waals surface area contributed by atoms with E-state index in [4.69, 9.17) is 10.5 Å². The van der Waals surface area contributed by atoms with E-state index in [1.54, 1.807) is 25.6 Å². The summed E-state index contributed by atoms with van der Waals surface area (Å²) in [4.78, 5) is 12.9. The molecule has 0 spiro atoms. The van der Waals surface area contributed by atoms with Gasteiger partial charge in [0.25, 0.3) is 0 Å². The third-order valence-electron chi connectivity index (χ3n) is 3.35. The smallest absolute Gasteiger partial charge is 0.325 e. The van der Waals surface area contributed by atoms with Crippen LogP contribution in [0.3, 0.4) is 0 Å². The van der Waals surface area contributed by atoms with Crippen LogP contribution in [0.5, 0.6) is 0 Å². The second-order valence-electron chi connectivity index (χ2n) is 6.51. The number of ether oxygens (including phenoxy) is 1. The number of esters is 1. The lowest BCUT2D eigenvalue weighted by atomic mass is 9.87. The summed E-state index contributed by atoms with van der Waals surface area (Å²) in [6.45, 7) is 10.5. The van der Waals surface area contributed by atoms with Crippen LogP contribution in [0.2, 0.25) is 0 Å². The summed E-state index contributed by atoms with van der Waals surface area (Å²) in [6, 6.07) is 8.58. The predicted octanol–water partition coefficient (Wildman–Crippen LogP) is 3.75. The highest BCUT2D eigenvalue weighted by Crippen LogP contribution is 2.26. The van der Waals surface area contributed by atoms with Gasteiger partial charge in [0.05, 0.1) is 6.61 Å². The summed E-state index contributed by atoms with van der Waals surface area (Å²) in [7, 11) is 0. The van der Waals surface area contributed by atoms with Crippen molar-refractivity contribution in [3.8, 4) is 0 Å². The van der Waals surface area contributed by atoms with Crippen molar-refractivity contribution in [3.05, 3.63) is 29.8 Å². The highest BCUT2D eigenvalue weighted by Gasteiger charge is 2.29. The summed E-state index contributed by atoms with van der Waals surface area (Å²) in [5, 5.41) is 0. The molecule has 0 radical (unpaired) electrons. The van der Waals surface area contributed by atoms with Crippen LogP contribution in [-0.4, -0.2) is 23.9 Å². The lowest BCUT2D eigenvalue weighted by Crippen LogP contribution is -2.46. The monoisotopic (exact) mass is 309 g/mol. The molecule has 0 bridgehead atoms. The summed E-state index contributed by atoms with van der Waals surface area (Å²) < 4.78 is 4.99. The maximum Gasteiger partial charge on any atom is 0.325 e. The van der Waals surface area contributed by atoms with Crippen molar-refractivity contribution in [1.82, 2.24) is 0 Å². The zero-order chi connectivity index (χ0) is 16.1. The summed E-state index contributed by atoms with van der Waals surface area (Å²) in [6.07, 6.45) is 0.595. The third kappa shape index (κ3) is 5.71. The molecule has 4 heteroatoms. The van der Waals surface area contributed by atoms with E-state index in [1.807, 2.05) is 0 Å². The van der Waals surface area contributed by atoms with Crippen LogP contribution in [0.4, 0.5) is 0 Å². The molecule has 118 valence electrons. The fourth-order valence-corrected chi connectivity index (χ4v) is 2.92. The van der Waals surface area contributed by atoms with Crippen molar-refractivity contribution in [2.24, 2.45) is 5.73 Å². The van der Waals surface area contributed by atoms with Gasteiger partial charge in [0.1, 0.15) is 5.54 Å². The average Bonchev–Trinajstić information content (AvgIpc) is 2.38. The third-order valence-corrected chi connectivity index (χ3v) is 4.37. The van der Waals surface area contributed by atoms with Crippen LogP contribution >= 0.6 is 11.8 Å². The maximum atomic E-state index is 11.7. The molecule has 1 aromatic carbocycles. The van der Waals surface area contributed by atoms with Gasteiger partial charge in [-0.25, -0.2) is 0 Å². The van der Waals surface area contributed by atoms with Gasteiger partial charge in [-0.1, -0.05) is 32.9 Å². The minimum atomic E-state index is -0.908. The Kier molecular flexibility index (Phi) is 6.29. The Morgan fingerprint density at radius 1 is 1.19 bits per heavy atom. The average molecular weight is 309 g/mol. The molecule has 0 aliphatic rings. The SMILES string of the molecule is CCOC(=O)C(C)(N)CCSc1ccc(C(C)(C)C)cc1. The van der Waals surface area contributed by atoms with Gasteiger partial charge in [-0.2, -0.15) is 0 Å².